The first-order valence-corrected chi connectivity index (χ1v) is 21.4. The maximum atomic E-state index is 12.6. The number of amides is 2. The Balaban J connectivity index is 0.849. The summed E-state index contributed by atoms with van der Waals surface area (Å²) in [4.78, 5) is 31.0. The SMILES string of the molecule is O=C(NC[C@H]1CCCNC1)O[C@@H]1[C@@H](O)CN[C@@H]1Cc1ccc(OCn2nc(-c3ccc(CC4NC[C@H](O)[C@H]4OC(=O)NCCc4ccncc4)cc3)c[n+]2Cc2cn[nH]c2)cc1. The number of carbonyl (C=O) groups excluding carboxylic acids is 2. The van der Waals surface area contributed by atoms with Crippen molar-refractivity contribution in [1.29, 1.82) is 0 Å². The zero-order chi connectivity index (χ0) is 42.7. The molecule has 8 rings (SSSR count). The van der Waals surface area contributed by atoms with Crippen LogP contribution in [0.1, 0.15) is 35.1 Å². The average Bonchev–Trinajstić information content (AvgIpc) is 4.11. The summed E-state index contributed by atoms with van der Waals surface area (Å²) in [5, 5.41) is 48.8. The summed E-state index contributed by atoms with van der Waals surface area (Å²) >= 11 is 0. The number of nitrogens with one attached hydrogen (secondary N) is 6. The van der Waals surface area contributed by atoms with Crippen molar-refractivity contribution in [1.82, 2.24) is 51.7 Å². The summed E-state index contributed by atoms with van der Waals surface area (Å²) in [6, 6.07) is 19.1. The van der Waals surface area contributed by atoms with Crippen molar-refractivity contribution >= 4 is 12.2 Å². The highest BCUT2D eigenvalue weighted by molar-refractivity contribution is 5.68. The van der Waals surface area contributed by atoms with Gasteiger partial charge in [-0.25, -0.2) is 9.59 Å². The van der Waals surface area contributed by atoms with Gasteiger partial charge in [-0.2, -0.15) is 9.78 Å². The smallest absolute Gasteiger partial charge is 0.407 e. The molecule has 18 nitrogen and oxygen atoms in total. The molecule has 6 heterocycles. The average molecular weight is 851 g/mol. The van der Waals surface area contributed by atoms with E-state index in [4.69, 9.17) is 19.3 Å². The minimum atomic E-state index is -0.813. The molecule has 0 spiro atoms. The predicted molar refractivity (Wildman–Crippen MR) is 226 cm³/mol. The third kappa shape index (κ3) is 11.5. The maximum Gasteiger partial charge on any atom is 0.407 e. The van der Waals surface area contributed by atoms with E-state index in [1.54, 1.807) is 23.4 Å². The molecular formula is C44H56N11O7+. The zero-order valence-electron chi connectivity index (χ0n) is 34.6. The molecule has 8 N–H and O–H groups in total. The number of nitrogens with zero attached hydrogens (tertiary/aromatic N) is 5. The van der Waals surface area contributed by atoms with E-state index in [2.05, 4.69) is 41.8 Å². The van der Waals surface area contributed by atoms with Crippen molar-refractivity contribution in [3.8, 4) is 17.0 Å². The highest BCUT2D eigenvalue weighted by atomic mass is 16.6. The topological polar surface area (TPSA) is 226 Å². The predicted octanol–water partition coefficient (Wildman–Crippen LogP) is 1.22. The summed E-state index contributed by atoms with van der Waals surface area (Å²) in [6.45, 7) is 4.18. The third-order valence-electron chi connectivity index (χ3n) is 11.7. The van der Waals surface area contributed by atoms with Crippen LogP contribution >= 0.6 is 0 Å². The fourth-order valence-corrected chi connectivity index (χ4v) is 8.26. The van der Waals surface area contributed by atoms with Gasteiger partial charge in [0.1, 0.15) is 36.7 Å². The molecule has 3 saturated heterocycles. The van der Waals surface area contributed by atoms with E-state index in [0.717, 1.165) is 59.4 Å². The van der Waals surface area contributed by atoms with Crippen LogP contribution in [0.2, 0.25) is 0 Å². The molecule has 2 aromatic carbocycles. The normalized spacial score (nSPS) is 23.5. The number of aliphatic hydroxyl groups excluding tert-OH is 2. The number of β-amino-alcohol motifs (C(OH)–C–C–N with tert-alkyl or cyclic N) is 2. The Kier molecular flexibility index (Phi) is 14.3. The van der Waals surface area contributed by atoms with Crippen LogP contribution in [0.25, 0.3) is 11.3 Å². The van der Waals surface area contributed by atoms with Gasteiger partial charge >= 0.3 is 12.2 Å². The van der Waals surface area contributed by atoms with Crippen molar-refractivity contribution in [3.05, 3.63) is 114 Å². The Morgan fingerprint density at radius 2 is 1.50 bits per heavy atom. The quantitative estimate of drug-likeness (QED) is 0.0618. The van der Waals surface area contributed by atoms with Crippen LogP contribution in [0.5, 0.6) is 5.75 Å². The Bertz CT molecular complexity index is 2170. The molecule has 0 radical (unpaired) electrons. The monoisotopic (exact) mass is 850 g/mol. The highest BCUT2D eigenvalue weighted by Gasteiger charge is 2.39. The number of alkyl carbamates (subject to hydrolysis) is 2. The molecule has 7 atom stereocenters. The third-order valence-corrected chi connectivity index (χ3v) is 11.7. The van der Waals surface area contributed by atoms with E-state index in [1.807, 2.05) is 77.7 Å². The molecule has 5 aromatic rings. The second-order valence-electron chi connectivity index (χ2n) is 16.2. The molecule has 0 aliphatic carbocycles. The lowest BCUT2D eigenvalue weighted by atomic mass is 10.00. The summed E-state index contributed by atoms with van der Waals surface area (Å²) in [7, 11) is 0. The molecule has 3 fully saturated rings. The van der Waals surface area contributed by atoms with Gasteiger partial charge in [0.2, 0.25) is 12.4 Å². The summed E-state index contributed by atoms with van der Waals surface area (Å²) < 4.78 is 19.6. The number of hydrogen-bond donors (Lipinski definition) is 8. The Morgan fingerprint density at radius 3 is 2.15 bits per heavy atom. The number of piperidine rings is 1. The maximum absolute atomic E-state index is 12.6. The fraction of sp³-hybridized carbons (Fsp3) is 0.455. The number of benzene rings is 2. The van der Waals surface area contributed by atoms with Gasteiger partial charge in [0.25, 0.3) is 0 Å². The Morgan fingerprint density at radius 1 is 0.823 bits per heavy atom. The summed E-state index contributed by atoms with van der Waals surface area (Å²) in [5.41, 5.74) is 5.71. The van der Waals surface area contributed by atoms with Gasteiger partial charge in [-0.1, -0.05) is 36.4 Å². The Hall–Kier alpha value is -5.92. The van der Waals surface area contributed by atoms with E-state index < -0.39 is 36.6 Å². The number of rotatable bonds is 17. The zero-order valence-corrected chi connectivity index (χ0v) is 34.6. The lowest BCUT2D eigenvalue weighted by molar-refractivity contribution is -0.775. The van der Waals surface area contributed by atoms with Gasteiger partial charge in [-0.15, -0.1) is 0 Å². The summed E-state index contributed by atoms with van der Waals surface area (Å²) in [5.74, 6) is 1.04. The van der Waals surface area contributed by atoms with Gasteiger partial charge in [0.05, 0.1) is 23.4 Å². The number of aromatic amines is 1. The standard InChI is InChI=1S/C44H55N11O7/c56-39-24-48-36(41(39)61-43(58)47-17-13-29-11-15-45-16-12-29)18-30-3-7-34(8-4-30)38-27-54(26-33-22-51-52-23-33)55(53-38)28-60-35-9-5-31(6-10-35)19-37-42(40(57)25-49-37)62-44(59)50-21-32-2-1-14-46-20-32/h3-12,15-16,22-23,27,32,36-37,39-42,46,48-49,56-57H,1-2,13-14,17-21,24-26,28H2,(H2-,47,50,51,52,58,59)/p+1/t32-,36?,37+,39-,40-,41-,42-/m0/s1. The van der Waals surface area contributed by atoms with Gasteiger partial charge in [0.15, 0.2) is 6.20 Å². The lowest BCUT2D eigenvalue weighted by Gasteiger charge is -2.25. The molecule has 328 valence electrons. The second-order valence-corrected chi connectivity index (χ2v) is 16.2. The van der Waals surface area contributed by atoms with Crippen molar-refractivity contribution in [2.24, 2.45) is 5.92 Å². The summed E-state index contributed by atoms with van der Waals surface area (Å²) in [6.07, 6.45) is 8.91. The van der Waals surface area contributed by atoms with E-state index >= 15 is 0 Å². The molecule has 3 aliphatic rings. The van der Waals surface area contributed by atoms with Gasteiger partial charge < -0.3 is 51.0 Å². The molecular weight excluding hydrogens is 795 g/mol. The second kappa shape index (κ2) is 20.8. The van der Waals surface area contributed by atoms with Crippen molar-refractivity contribution in [3.63, 3.8) is 0 Å². The number of hydrogen-bond acceptors (Lipinski definition) is 13. The molecule has 62 heavy (non-hydrogen) atoms. The number of H-pyrrole nitrogens is 1. The molecule has 3 aliphatic heterocycles. The van der Waals surface area contributed by atoms with Gasteiger partial charge in [0, 0.05) is 55.9 Å². The van der Waals surface area contributed by atoms with Gasteiger partial charge in [-0.3, -0.25) is 10.1 Å². The van der Waals surface area contributed by atoms with Crippen LogP contribution in [0, 0.1) is 5.92 Å². The number of pyridine rings is 1. The first-order valence-electron chi connectivity index (χ1n) is 21.4. The van der Waals surface area contributed by atoms with Crippen LogP contribution in [0.4, 0.5) is 9.59 Å². The van der Waals surface area contributed by atoms with Crippen LogP contribution in [0.3, 0.4) is 0 Å². The Labute approximate surface area is 359 Å². The molecule has 0 bridgehead atoms. The molecule has 18 heteroatoms. The fourth-order valence-electron chi connectivity index (χ4n) is 8.26. The van der Waals surface area contributed by atoms with E-state index in [0.29, 0.717) is 63.7 Å². The number of ether oxygens (including phenoxy) is 3. The minimum Gasteiger partial charge on any atom is -0.465 e. The molecule has 2 amide bonds. The number of aliphatic hydroxyl groups is 2. The molecule has 3 aromatic heterocycles. The molecule has 1 unspecified atom stereocenters. The molecule has 0 saturated carbocycles. The first-order chi connectivity index (χ1) is 30.3. The minimum absolute atomic E-state index is 0.141. The van der Waals surface area contributed by atoms with Crippen molar-refractivity contribution < 1.29 is 38.7 Å². The van der Waals surface area contributed by atoms with Crippen molar-refractivity contribution in [2.45, 2.75) is 81.9 Å². The van der Waals surface area contributed by atoms with Crippen LogP contribution in [-0.4, -0.2) is 123 Å². The van der Waals surface area contributed by atoms with E-state index in [1.165, 1.54) is 0 Å². The van der Waals surface area contributed by atoms with Crippen LogP contribution in [-0.2, 0) is 42.0 Å². The van der Waals surface area contributed by atoms with E-state index in [-0.39, 0.29) is 18.8 Å². The van der Waals surface area contributed by atoms with Crippen LogP contribution < -0.4 is 36.0 Å². The highest BCUT2D eigenvalue weighted by Crippen LogP contribution is 2.23. The van der Waals surface area contributed by atoms with Crippen LogP contribution in [0.15, 0.2) is 91.6 Å². The lowest BCUT2D eigenvalue weighted by Crippen LogP contribution is -2.44. The number of carbonyl (C=O) groups is 2. The van der Waals surface area contributed by atoms with Crippen molar-refractivity contribution in [2.75, 3.05) is 39.3 Å². The van der Waals surface area contributed by atoms with E-state index in [9.17, 15) is 19.8 Å². The number of aromatic nitrogens is 6. The first kappa shape index (κ1) is 42.8. The van der Waals surface area contributed by atoms with Gasteiger partial charge in [-0.05, 0) is 96.9 Å². The largest absolute Gasteiger partial charge is 0.465 e.